The Bertz CT molecular complexity index is 1620. The lowest BCUT2D eigenvalue weighted by molar-refractivity contribution is -0.138. The molecule has 2 aliphatic rings. The number of pyridine rings is 1. The van der Waals surface area contributed by atoms with Crippen molar-refractivity contribution in [3.05, 3.63) is 64.1 Å². The molecule has 0 saturated carbocycles. The number of aryl methyl sites for hydroxylation is 1. The Balaban J connectivity index is 1.52. The van der Waals surface area contributed by atoms with Gasteiger partial charge in [-0.2, -0.15) is 13.2 Å². The van der Waals surface area contributed by atoms with E-state index in [0.717, 1.165) is 36.9 Å². The zero-order chi connectivity index (χ0) is 33.5. The van der Waals surface area contributed by atoms with E-state index in [1.807, 2.05) is 25.8 Å². The Labute approximate surface area is 265 Å². The maximum Gasteiger partial charge on any atom is 0.417 e. The van der Waals surface area contributed by atoms with Crippen molar-refractivity contribution in [2.45, 2.75) is 52.0 Å². The van der Waals surface area contributed by atoms with E-state index in [4.69, 9.17) is 0 Å². The van der Waals surface area contributed by atoms with Gasteiger partial charge in [0.15, 0.2) is 0 Å². The van der Waals surface area contributed by atoms with E-state index in [-0.39, 0.29) is 23.3 Å². The molecule has 14 heteroatoms. The van der Waals surface area contributed by atoms with Gasteiger partial charge in [-0.05, 0) is 46.9 Å². The summed E-state index contributed by atoms with van der Waals surface area (Å²) in [4.78, 5) is 43.1. The third kappa shape index (κ3) is 6.87. The number of rotatable bonds is 6. The molecule has 1 aromatic carbocycles. The summed E-state index contributed by atoms with van der Waals surface area (Å²) in [6, 6.07) is 3.71. The summed E-state index contributed by atoms with van der Waals surface area (Å²) >= 11 is 0. The fraction of sp³-hybridized carbons (Fsp3) is 0.500. The number of carbonyl (C=O) groups is 1. The number of piperazine rings is 2. The Morgan fingerprint density at radius 1 is 0.957 bits per heavy atom. The molecule has 10 nitrogen and oxygen atoms in total. The van der Waals surface area contributed by atoms with Crippen LogP contribution in [0.15, 0.2) is 41.6 Å². The number of nitrogens with one attached hydrogen (secondary N) is 1. The first kappa shape index (κ1) is 33.3. The fourth-order valence-corrected chi connectivity index (χ4v) is 6.04. The number of nitrogens with zero attached hydrogens (tertiary/aromatic N) is 7. The van der Waals surface area contributed by atoms with Crippen molar-refractivity contribution in [2.24, 2.45) is 7.05 Å². The van der Waals surface area contributed by atoms with Crippen LogP contribution in [0, 0.1) is 5.82 Å². The van der Waals surface area contributed by atoms with Gasteiger partial charge in [0.2, 0.25) is 5.95 Å². The molecule has 0 spiro atoms. The molecule has 46 heavy (non-hydrogen) atoms. The summed E-state index contributed by atoms with van der Waals surface area (Å²) in [6.07, 6.45) is -1.07. The van der Waals surface area contributed by atoms with Gasteiger partial charge in [0, 0.05) is 100 Å². The molecule has 248 valence electrons. The van der Waals surface area contributed by atoms with E-state index < -0.39 is 34.6 Å². The lowest BCUT2D eigenvalue weighted by Gasteiger charge is -2.44. The molecule has 2 atom stereocenters. The standard InChI is InChI=1S/C32H40F4N8O2/c1-19(2)42-7-9-43(10-8-42)31-37-14-22(15-38-31)23-11-27(28(13-26(23)33)44-16-20(3)41(6)21(4)17-44)39-30(46)24-18-40(5)29(45)12-25(24)32(34,35)36/h11-15,18-21H,7-10,16-17H2,1-6H3,(H,39,46). The van der Waals surface area contributed by atoms with Crippen molar-refractivity contribution in [1.82, 2.24) is 24.3 Å². The van der Waals surface area contributed by atoms with Gasteiger partial charge in [-0.3, -0.25) is 19.4 Å². The van der Waals surface area contributed by atoms with Crippen LogP contribution in [0.3, 0.4) is 0 Å². The molecule has 3 aromatic rings. The van der Waals surface area contributed by atoms with Crippen LogP contribution in [-0.4, -0.2) is 94.7 Å². The second-order valence-electron chi connectivity index (χ2n) is 12.5. The number of amides is 1. The second-order valence-corrected chi connectivity index (χ2v) is 12.5. The predicted octanol–water partition coefficient (Wildman–Crippen LogP) is 4.31. The molecule has 2 saturated heterocycles. The van der Waals surface area contributed by atoms with Crippen molar-refractivity contribution in [1.29, 1.82) is 0 Å². The van der Waals surface area contributed by atoms with Crippen LogP contribution < -0.4 is 20.7 Å². The van der Waals surface area contributed by atoms with Crippen LogP contribution in [0.2, 0.25) is 0 Å². The quantitative estimate of drug-likeness (QED) is 0.398. The highest BCUT2D eigenvalue weighted by molar-refractivity contribution is 6.07. The van der Waals surface area contributed by atoms with Crippen molar-refractivity contribution in [3.63, 3.8) is 0 Å². The number of halogens is 4. The van der Waals surface area contributed by atoms with Crippen LogP contribution >= 0.6 is 0 Å². The maximum atomic E-state index is 15.9. The molecule has 2 unspecified atom stereocenters. The Morgan fingerprint density at radius 3 is 2.13 bits per heavy atom. The van der Waals surface area contributed by atoms with Crippen LogP contribution in [-0.2, 0) is 13.2 Å². The number of likely N-dealkylation sites (N-methyl/N-ethyl adjacent to an activating group) is 1. The number of benzene rings is 1. The molecule has 1 N–H and O–H groups in total. The van der Waals surface area contributed by atoms with Gasteiger partial charge in [-0.1, -0.05) is 0 Å². The number of aromatic nitrogens is 3. The number of anilines is 3. The number of hydrogen-bond donors (Lipinski definition) is 1. The molecule has 0 aliphatic carbocycles. The lowest BCUT2D eigenvalue weighted by atomic mass is 10.0. The van der Waals surface area contributed by atoms with Crippen molar-refractivity contribution < 1.29 is 22.4 Å². The summed E-state index contributed by atoms with van der Waals surface area (Å²) in [5.41, 5.74) is -2.08. The van der Waals surface area contributed by atoms with Gasteiger partial charge in [-0.25, -0.2) is 14.4 Å². The van der Waals surface area contributed by atoms with Crippen LogP contribution in [0.5, 0.6) is 0 Å². The van der Waals surface area contributed by atoms with Crippen LogP contribution in [0.25, 0.3) is 11.1 Å². The van der Waals surface area contributed by atoms with Crippen molar-refractivity contribution in [2.75, 3.05) is 61.4 Å². The van der Waals surface area contributed by atoms with Gasteiger partial charge in [0.05, 0.1) is 22.5 Å². The summed E-state index contributed by atoms with van der Waals surface area (Å²) in [5, 5.41) is 2.61. The minimum Gasteiger partial charge on any atom is -0.367 e. The van der Waals surface area contributed by atoms with Crippen LogP contribution in [0.4, 0.5) is 34.9 Å². The van der Waals surface area contributed by atoms with Gasteiger partial charge >= 0.3 is 6.18 Å². The van der Waals surface area contributed by atoms with Gasteiger partial charge in [-0.15, -0.1) is 0 Å². The van der Waals surface area contributed by atoms with E-state index in [1.54, 1.807) is 0 Å². The largest absolute Gasteiger partial charge is 0.417 e. The van der Waals surface area contributed by atoms with Gasteiger partial charge in [0.1, 0.15) is 5.82 Å². The van der Waals surface area contributed by atoms with Crippen molar-refractivity contribution in [3.8, 4) is 11.1 Å². The average molecular weight is 645 g/mol. The molecular weight excluding hydrogens is 604 g/mol. The normalized spacial score (nSPS) is 20.0. The minimum absolute atomic E-state index is 0.0823. The number of carbonyl (C=O) groups excluding carboxylic acids is 1. The molecule has 2 fully saturated rings. The first-order valence-electron chi connectivity index (χ1n) is 15.3. The Kier molecular flexibility index (Phi) is 9.41. The molecular formula is C32H40F4N8O2. The smallest absolute Gasteiger partial charge is 0.367 e. The summed E-state index contributed by atoms with van der Waals surface area (Å²) in [5.74, 6) is -1.15. The topological polar surface area (TPSA) is 89.8 Å². The summed E-state index contributed by atoms with van der Waals surface area (Å²) < 4.78 is 58.5. The molecule has 4 heterocycles. The van der Waals surface area contributed by atoms with E-state index in [1.165, 1.54) is 31.6 Å². The van der Waals surface area contributed by atoms with E-state index in [9.17, 15) is 22.8 Å². The number of alkyl halides is 3. The highest BCUT2D eigenvalue weighted by atomic mass is 19.4. The molecule has 2 aliphatic heterocycles. The minimum atomic E-state index is -4.94. The average Bonchev–Trinajstić information content (AvgIpc) is 3.01. The second kappa shape index (κ2) is 13.0. The SMILES string of the molecule is CC(C)N1CCN(c2ncc(-c3cc(NC(=O)c4cn(C)c(=O)cc4C(F)(F)F)c(N4CC(C)N(C)C(C)C4)cc3F)cn2)CC1. The number of hydrogen-bond acceptors (Lipinski definition) is 8. The van der Waals surface area contributed by atoms with E-state index >= 15 is 4.39 Å². The molecule has 2 aromatic heterocycles. The third-order valence-corrected chi connectivity index (χ3v) is 9.09. The van der Waals surface area contributed by atoms with Gasteiger partial charge < -0.3 is 19.7 Å². The van der Waals surface area contributed by atoms with Crippen LogP contribution in [0.1, 0.15) is 43.6 Å². The molecule has 5 rings (SSSR count). The zero-order valence-electron chi connectivity index (χ0n) is 26.9. The monoisotopic (exact) mass is 644 g/mol. The molecule has 0 bridgehead atoms. The maximum absolute atomic E-state index is 15.9. The Morgan fingerprint density at radius 2 is 1.57 bits per heavy atom. The van der Waals surface area contributed by atoms with Gasteiger partial charge in [0.25, 0.3) is 11.5 Å². The highest BCUT2D eigenvalue weighted by Gasteiger charge is 2.37. The summed E-state index contributed by atoms with van der Waals surface area (Å²) in [6.45, 7) is 12.6. The third-order valence-electron chi connectivity index (χ3n) is 9.09. The highest BCUT2D eigenvalue weighted by Crippen LogP contribution is 2.37. The Hall–Kier alpha value is -4.04. The summed E-state index contributed by atoms with van der Waals surface area (Å²) in [7, 11) is 3.26. The fourth-order valence-electron chi connectivity index (χ4n) is 6.04. The van der Waals surface area contributed by atoms with E-state index in [2.05, 4.69) is 43.8 Å². The first-order chi connectivity index (χ1) is 21.6. The molecule has 1 amide bonds. The van der Waals surface area contributed by atoms with Crippen molar-refractivity contribution >= 4 is 23.2 Å². The predicted molar refractivity (Wildman–Crippen MR) is 170 cm³/mol. The van der Waals surface area contributed by atoms with E-state index in [0.29, 0.717) is 42.4 Å². The molecule has 0 radical (unpaired) electrons. The lowest BCUT2D eigenvalue weighted by Crippen LogP contribution is -2.55. The zero-order valence-corrected chi connectivity index (χ0v) is 26.9. The first-order valence-corrected chi connectivity index (χ1v) is 15.3.